The summed E-state index contributed by atoms with van der Waals surface area (Å²) < 4.78 is 0. The van der Waals surface area contributed by atoms with Crippen LogP contribution in [0.15, 0.2) is 30.5 Å². The Morgan fingerprint density at radius 1 is 1.22 bits per heavy atom. The van der Waals surface area contributed by atoms with Crippen LogP contribution >= 0.6 is 0 Å². The van der Waals surface area contributed by atoms with Gasteiger partial charge < -0.3 is 15.4 Å². The summed E-state index contributed by atoms with van der Waals surface area (Å²) in [6.45, 7) is 7.81. The molecule has 0 amide bonds. The molecule has 0 radical (unpaired) electrons. The minimum atomic E-state index is 0.344. The van der Waals surface area contributed by atoms with Crippen molar-refractivity contribution in [2.45, 2.75) is 13.8 Å². The fourth-order valence-electron chi connectivity index (χ4n) is 2.58. The van der Waals surface area contributed by atoms with E-state index in [0.29, 0.717) is 28.4 Å². The predicted octanol–water partition coefficient (Wildman–Crippen LogP) is 1.57. The maximum absolute atomic E-state index is 12.1. The lowest BCUT2D eigenvalue weighted by Gasteiger charge is -2.17. The summed E-state index contributed by atoms with van der Waals surface area (Å²) in [4.78, 5) is 11.7. The highest BCUT2D eigenvalue weighted by Gasteiger charge is 2.14. The van der Waals surface area contributed by atoms with Crippen molar-refractivity contribution in [3.8, 4) is 0 Å². The van der Waals surface area contributed by atoms with Crippen LogP contribution in [0.4, 0.5) is 5.95 Å². The minimum absolute atomic E-state index is 0.344. The molecule has 7 heteroatoms. The van der Waals surface area contributed by atoms with Gasteiger partial charge in [-0.25, -0.2) is 9.97 Å². The van der Waals surface area contributed by atoms with Gasteiger partial charge in [-0.05, 0) is 24.0 Å². The third-order valence-corrected chi connectivity index (χ3v) is 3.94. The van der Waals surface area contributed by atoms with E-state index in [0.717, 1.165) is 30.5 Å². The van der Waals surface area contributed by atoms with Gasteiger partial charge in [-0.15, -0.1) is 0 Å². The smallest absolute Gasteiger partial charge is 0.290 e. The van der Waals surface area contributed by atoms with E-state index in [-0.39, 0.29) is 0 Å². The third-order valence-electron chi connectivity index (χ3n) is 3.94. The van der Waals surface area contributed by atoms with Gasteiger partial charge in [0.05, 0.1) is 10.6 Å². The molecule has 0 saturated carbocycles. The molecule has 2 aromatic heterocycles. The fraction of sp³-hybridized carbons (Fsp3) is 0.375. The summed E-state index contributed by atoms with van der Waals surface area (Å²) in [5.41, 5.74) is 1.80. The Morgan fingerprint density at radius 3 is 2.78 bits per heavy atom. The molecule has 2 heterocycles. The molecule has 0 aliphatic heterocycles. The molecule has 0 fully saturated rings. The number of fused-ring (bicyclic) bond motifs is 3. The number of nitrogens with zero attached hydrogens (tertiary/aromatic N) is 5. The number of hydrogen-bond donors (Lipinski definition) is 1. The van der Waals surface area contributed by atoms with Crippen molar-refractivity contribution in [3.05, 3.63) is 35.7 Å². The molecule has 1 N–H and O–H groups in total. The first-order chi connectivity index (χ1) is 11.2. The zero-order chi connectivity index (χ0) is 16.2. The SMILES string of the molecule is CCN(CC)CCNc1nc2c3ccccc3ncc2[n+]([O-])n1. The number of aromatic nitrogens is 4. The molecule has 23 heavy (non-hydrogen) atoms. The van der Waals surface area contributed by atoms with E-state index in [4.69, 9.17) is 0 Å². The second-order valence-electron chi connectivity index (χ2n) is 5.27. The summed E-state index contributed by atoms with van der Waals surface area (Å²) in [6.07, 6.45) is 1.52. The molecule has 0 aliphatic carbocycles. The molecule has 120 valence electrons. The number of nitrogens with one attached hydrogen (secondary N) is 1. The lowest BCUT2D eigenvalue weighted by atomic mass is 10.2. The lowest BCUT2D eigenvalue weighted by Crippen LogP contribution is -2.35. The zero-order valence-electron chi connectivity index (χ0n) is 13.4. The molecule has 1 aromatic carbocycles. The molecule has 0 atom stereocenters. The van der Waals surface area contributed by atoms with Gasteiger partial charge in [0.1, 0.15) is 6.20 Å². The number of likely N-dealkylation sites (N-methyl/N-ethyl adjacent to an activating group) is 1. The van der Waals surface area contributed by atoms with E-state index in [2.05, 4.69) is 39.1 Å². The van der Waals surface area contributed by atoms with Crippen LogP contribution in [0.25, 0.3) is 21.9 Å². The normalized spacial score (nSPS) is 11.4. The topological polar surface area (TPSA) is 80.9 Å². The van der Waals surface area contributed by atoms with Crippen molar-refractivity contribution >= 4 is 27.9 Å². The van der Waals surface area contributed by atoms with Crippen molar-refractivity contribution in [2.75, 3.05) is 31.5 Å². The summed E-state index contributed by atoms with van der Waals surface area (Å²) in [5, 5.41) is 20.1. The quantitative estimate of drug-likeness (QED) is 0.423. The maximum atomic E-state index is 12.1. The second-order valence-corrected chi connectivity index (χ2v) is 5.27. The lowest BCUT2D eigenvalue weighted by molar-refractivity contribution is -0.641. The van der Waals surface area contributed by atoms with Crippen molar-refractivity contribution in [1.29, 1.82) is 0 Å². The van der Waals surface area contributed by atoms with Crippen LogP contribution in [0.3, 0.4) is 0 Å². The highest BCUT2D eigenvalue weighted by molar-refractivity contribution is 6.00. The second kappa shape index (κ2) is 6.70. The molecular formula is C16H20N6O. The highest BCUT2D eigenvalue weighted by atomic mass is 16.5. The van der Waals surface area contributed by atoms with E-state index in [1.165, 1.54) is 6.20 Å². The van der Waals surface area contributed by atoms with Crippen LogP contribution in [0.1, 0.15) is 13.8 Å². The molecule has 0 bridgehead atoms. The average molecular weight is 312 g/mol. The predicted molar refractivity (Wildman–Crippen MR) is 90.1 cm³/mol. The van der Waals surface area contributed by atoms with Crippen LogP contribution in [-0.4, -0.2) is 46.1 Å². The average Bonchev–Trinajstić information content (AvgIpc) is 2.58. The summed E-state index contributed by atoms with van der Waals surface area (Å²) in [7, 11) is 0. The van der Waals surface area contributed by atoms with Crippen molar-refractivity contribution in [3.63, 3.8) is 0 Å². The molecule has 3 rings (SSSR count). The molecule has 7 nitrogen and oxygen atoms in total. The first kappa shape index (κ1) is 15.4. The van der Waals surface area contributed by atoms with E-state index in [1.807, 2.05) is 24.3 Å². The molecule has 3 aromatic rings. The Kier molecular flexibility index (Phi) is 4.47. The van der Waals surface area contributed by atoms with Gasteiger partial charge in [-0.1, -0.05) is 32.0 Å². The Morgan fingerprint density at radius 2 is 2.00 bits per heavy atom. The number of anilines is 1. The Hall–Kier alpha value is -2.54. The standard InChI is InChI=1S/C16H20N6O/c1-3-21(4-2)10-9-17-16-19-15-12-7-5-6-8-13(12)18-11-14(15)22(23)20-16/h5-8,11H,3-4,9-10H2,1-2H3,(H,17,19,20). The number of hydrogen-bond acceptors (Lipinski definition) is 6. The van der Waals surface area contributed by atoms with Gasteiger partial charge in [0.15, 0.2) is 5.52 Å². The highest BCUT2D eigenvalue weighted by Crippen LogP contribution is 2.19. The Bertz CT molecular complexity index is 818. The first-order valence-corrected chi connectivity index (χ1v) is 7.84. The van der Waals surface area contributed by atoms with Gasteiger partial charge in [-0.3, -0.25) is 0 Å². The summed E-state index contributed by atoms with van der Waals surface area (Å²) in [5.74, 6) is 0.344. The van der Waals surface area contributed by atoms with Gasteiger partial charge in [0.2, 0.25) is 0 Å². The monoisotopic (exact) mass is 312 g/mol. The molecular weight excluding hydrogens is 292 g/mol. The Balaban J connectivity index is 1.91. The van der Waals surface area contributed by atoms with Gasteiger partial charge in [0.25, 0.3) is 11.5 Å². The third kappa shape index (κ3) is 3.14. The number of benzene rings is 1. The first-order valence-electron chi connectivity index (χ1n) is 7.84. The molecule has 0 spiro atoms. The fourth-order valence-corrected chi connectivity index (χ4v) is 2.58. The van der Waals surface area contributed by atoms with Gasteiger partial charge in [-0.2, -0.15) is 0 Å². The van der Waals surface area contributed by atoms with E-state index in [9.17, 15) is 5.21 Å². The number of para-hydroxylation sites is 1. The van der Waals surface area contributed by atoms with Crippen LogP contribution in [0.2, 0.25) is 0 Å². The Labute approximate surface area is 134 Å². The van der Waals surface area contributed by atoms with Gasteiger partial charge in [0, 0.05) is 18.5 Å². The molecule has 0 aliphatic rings. The van der Waals surface area contributed by atoms with Crippen molar-refractivity contribution in [1.82, 2.24) is 20.0 Å². The largest absolute Gasteiger partial charge is 0.594 e. The maximum Gasteiger partial charge on any atom is 0.290 e. The van der Waals surface area contributed by atoms with E-state index < -0.39 is 0 Å². The van der Waals surface area contributed by atoms with Gasteiger partial charge >= 0.3 is 0 Å². The van der Waals surface area contributed by atoms with E-state index >= 15 is 0 Å². The summed E-state index contributed by atoms with van der Waals surface area (Å²) in [6, 6.07) is 7.64. The molecule has 0 saturated heterocycles. The summed E-state index contributed by atoms with van der Waals surface area (Å²) >= 11 is 0. The minimum Gasteiger partial charge on any atom is -0.594 e. The number of rotatable bonds is 6. The van der Waals surface area contributed by atoms with Crippen LogP contribution in [-0.2, 0) is 0 Å². The van der Waals surface area contributed by atoms with Crippen molar-refractivity contribution in [2.24, 2.45) is 0 Å². The zero-order valence-corrected chi connectivity index (χ0v) is 13.4. The van der Waals surface area contributed by atoms with Crippen molar-refractivity contribution < 1.29 is 4.85 Å². The van der Waals surface area contributed by atoms with Crippen LogP contribution in [0.5, 0.6) is 0 Å². The number of pyridine rings is 1. The molecule has 0 unspecified atom stereocenters. The van der Waals surface area contributed by atoms with Crippen LogP contribution < -0.4 is 10.2 Å². The van der Waals surface area contributed by atoms with E-state index in [1.54, 1.807) is 0 Å². The van der Waals surface area contributed by atoms with Crippen LogP contribution in [0, 0.1) is 5.21 Å².